The van der Waals surface area contributed by atoms with Crippen molar-refractivity contribution < 1.29 is 14.6 Å². The minimum atomic E-state index is -0.00921. The van der Waals surface area contributed by atoms with E-state index in [9.17, 15) is 4.79 Å². The van der Waals surface area contributed by atoms with Crippen molar-refractivity contribution in [3.8, 4) is 5.75 Å². The highest BCUT2D eigenvalue weighted by atomic mass is 16.5. The van der Waals surface area contributed by atoms with E-state index in [0.29, 0.717) is 30.2 Å². The molecule has 1 rings (SSSR count). The van der Waals surface area contributed by atoms with Crippen molar-refractivity contribution in [1.82, 2.24) is 4.90 Å². The fraction of sp³-hybridized carbons (Fsp3) is 0.500. The Balaban J connectivity index is 2.74. The van der Waals surface area contributed by atoms with Crippen LogP contribution in [0.4, 0.5) is 5.69 Å². The average Bonchev–Trinajstić information content (AvgIpc) is 2.40. The third kappa shape index (κ3) is 4.54. The van der Waals surface area contributed by atoms with Crippen molar-refractivity contribution in [2.24, 2.45) is 0 Å². The van der Waals surface area contributed by atoms with Gasteiger partial charge in [-0.2, -0.15) is 0 Å². The smallest absolute Gasteiger partial charge is 0.176 e. The van der Waals surface area contributed by atoms with Gasteiger partial charge >= 0.3 is 0 Å². The first kappa shape index (κ1) is 15.5. The number of nitrogens with zero attached hydrogens (tertiary/aromatic N) is 1. The topological polar surface area (TPSA) is 75.8 Å². The number of aliphatic hydroxyl groups excluding tert-OH is 1. The average molecular weight is 266 g/mol. The summed E-state index contributed by atoms with van der Waals surface area (Å²) in [7, 11) is 0. The maximum Gasteiger partial charge on any atom is 0.176 e. The van der Waals surface area contributed by atoms with E-state index in [2.05, 4.69) is 0 Å². The molecule has 0 bridgehead atoms. The first-order valence-corrected chi connectivity index (χ1v) is 6.51. The predicted octanol–water partition coefficient (Wildman–Crippen LogP) is 1.16. The molecule has 0 unspecified atom stereocenters. The molecule has 0 saturated heterocycles. The number of likely N-dealkylation sites (N-methyl/N-ethyl adjacent to an activating group) is 1. The van der Waals surface area contributed by atoms with E-state index >= 15 is 0 Å². The number of nitrogen functional groups attached to an aromatic ring is 1. The monoisotopic (exact) mass is 266 g/mol. The Hall–Kier alpha value is -1.59. The first-order chi connectivity index (χ1) is 9.12. The molecule has 0 radical (unpaired) electrons. The van der Waals surface area contributed by atoms with Crippen LogP contribution < -0.4 is 10.5 Å². The molecule has 0 spiro atoms. The van der Waals surface area contributed by atoms with Gasteiger partial charge < -0.3 is 15.6 Å². The molecule has 0 heterocycles. The molecule has 0 fully saturated rings. The summed E-state index contributed by atoms with van der Waals surface area (Å²) in [6, 6.07) is 5.07. The summed E-state index contributed by atoms with van der Waals surface area (Å²) in [4.78, 5) is 14.0. The molecule has 0 amide bonds. The second kappa shape index (κ2) is 7.76. The molecule has 5 heteroatoms. The molecule has 106 valence electrons. The van der Waals surface area contributed by atoms with Crippen LogP contribution in [0.25, 0.3) is 0 Å². The van der Waals surface area contributed by atoms with Crippen LogP contribution in [0.1, 0.15) is 24.2 Å². The standard InChI is InChI=1S/C14H22N2O3/c1-3-16(7-8-17)10-13(18)11-5-6-14(19-4-2)12(15)9-11/h5-6,9,17H,3-4,7-8,10,15H2,1-2H3. The molecule has 0 aromatic heterocycles. The largest absolute Gasteiger partial charge is 0.492 e. The molecule has 1 aromatic rings. The molecule has 1 aromatic carbocycles. The maximum absolute atomic E-state index is 12.1. The second-order valence-electron chi connectivity index (χ2n) is 4.20. The lowest BCUT2D eigenvalue weighted by molar-refractivity contribution is 0.0919. The minimum absolute atomic E-state index is 0.00921. The Bertz CT molecular complexity index is 421. The number of benzene rings is 1. The Morgan fingerprint density at radius 3 is 2.68 bits per heavy atom. The number of hydrogen-bond donors (Lipinski definition) is 2. The molecule has 0 saturated carbocycles. The molecule has 5 nitrogen and oxygen atoms in total. The number of Topliss-reactive ketones (excluding diaryl/α,β-unsaturated/α-hetero) is 1. The quantitative estimate of drug-likeness (QED) is 0.545. The Labute approximate surface area is 114 Å². The van der Waals surface area contributed by atoms with Gasteiger partial charge in [0.15, 0.2) is 5.78 Å². The maximum atomic E-state index is 12.1. The summed E-state index contributed by atoms with van der Waals surface area (Å²) in [5.74, 6) is 0.590. The summed E-state index contributed by atoms with van der Waals surface area (Å²) in [6.45, 7) is 5.92. The Morgan fingerprint density at radius 1 is 1.42 bits per heavy atom. The number of ether oxygens (including phenoxy) is 1. The summed E-state index contributed by atoms with van der Waals surface area (Å²) in [5.41, 5.74) is 6.87. The number of carbonyl (C=O) groups is 1. The van der Waals surface area contributed by atoms with E-state index < -0.39 is 0 Å². The van der Waals surface area contributed by atoms with Crippen LogP contribution in [0.2, 0.25) is 0 Å². The lowest BCUT2D eigenvalue weighted by Crippen LogP contribution is -2.32. The number of nitrogens with two attached hydrogens (primary N) is 1. The highest BCUT2D eigenvalue weighted by molar-refractivity contribution is 5.98. The highest BCUT2D eigenvalue weighted by Gasteiger charge is 2.12. The van der Waals surface area contributed by atoms with Crippen LogP contribution >= 0.6 is 0 Å². The lowest BCUT2D eigenvalue weighted by atomic mass is 10.1. The zero-order valence-electron chi connectivity index (χ0n) is 11.6. The summed E-state index contributed by atoms with van der Waals surface area (Å²) in [5, 5.41) is 8.90. The van der Waals surface area contributed by atoms with Gasteiger partial charge in [-0.05, 0) is 31.7 Å². The first-order valence-electron chi connectivity index (χ1n) is 6.51. The van der Waals surface area contributed by atoms with Crippen molar-refractivity contribution in [1.29, 1.82) is 0 Å². The van der Waals surface area contributed by atoms with Gasteiger partial charge in [-0.1, -0.05) is 6.92 Å². The van der Waals surface area contributed by atoms with E-state index in [1.54, 1.807) is 18.2 Å². The zero-order chi connectivity index (χ0) is 14.3. The van der Waals surface area contributed by atoms with E-state index in [1.807, 2.05) is 18.7 Å². The number of aliphatic hydroxyl groups is 1. The molecule has 3 N–H and O–H groups in total. The van der Waals surface area contributed by atoms with Crippen LogP contribution in [-0.4, -0.2) is 48.6 Å². The van der Waals surface area contributed by atoms with Crippen LogP contribution in [0.5, 0.6) is 5.75 Å². The molecular formula is C14H22N2O3. The van der Waals surface area contributed by atoms with Crippen molar-refractivity contribution in [3.05, 3.63) is 23.8 Å². The minimum Gasteiger partial charge on any atom is -0.492 e. The van der Waals surface area contributed by atoms with Gasteiger partial charge in [0, 0.05) is 12.1 Å². The second-order valence-corrected chi connectivity index (χ2v) is 4.20. The molecule has 0 aliphatic carbocycles. The van der Waals surface area contributed by atoms with Crippen molar-refractivity contribution in [3.63, 3.8) is 0 Å². The number of ketones is 1. The third-order valence-electron chi connectivity index (χ3n) is 2.86. The predicted molar refractivity (Wildman–Crippen MR) is 75.6 cm³/mol. The molecule has 19 heavy (non-hydrogen) atoms. The van der Waals surface area contributed by atoms with E-state index in [-0.39, 0.29) is 18.9 Å². The molecular weight excluding hydrogens is 244 g/mol. The highest BCUT2D eigenvalue weighted by Crippen LogP contribution is 2.22. The Kier molecular flexibility index (Phi) is 6.32. The van der Waals surface area contributed by atoms with E-state index in [1.165, 1.54) is 0 Å². The SMILES string of the molecule is CCOc1ccc(C(=O)CN(CC)CCO)cc1N. The fourth-order valence-corrected chi connectivity index (χ4v) is 1.79. The van der Waals surface area contributed by atoms with E-state index in [4.69, 9.17) is 15.6 Å². The number of rotatable bonds is 8. The van der Waals surface area contributed by atoms with Crippen LogP contribution in [-0.2, 0) is 0 Å². The number of anilines is 1. The fourth-order valence-electron chi connectivity index (χ4n) is 1.79. The molecule has 0 atom stereocenters. The normalized spacial score (nSPS) is 10.7. The van der Waals surface area contributed by atoms with Crippen molar-refractivity contribution in [2.75, 3.05) is 38.6 Å². The zero-order valence-corrected chi connectivity index (χ0v) is 11.6. The van der Waals surface area contributed by atoms with Gasteiger partial charge in [0.05, 0.1) is 25.4 Å². The Morgan fingerprint density at radius 2 is 2.16 bits per heavy atom. The molecule has 0 aliphatic heterocycles. The van der Waals surface area contributed by atoms with Crippen molar-refractivity contribution in [2.45, 2.75) is 13.8 Å². The summed E-state index contributed by atoms with van der Waals surface area (Å²) >= 11 is 0. The number of hydrogen-bond acceptors (Lipinski definition) is 5. The van der Waals surface area contributed by atoms with Gasteiger partial charge in [-0.3, -0.25) is 9.69 Å². The van der Waals surface area contributed by atoms with Gasteiger partial charge in [0.1, 0.15) is 5.75 Å². The number of carbonyl (C=O) groups excluding carboxylic acids is 1. The van der Waals surface area contributed by atoms with Crippen LogP contribution in [0.15, 0.2) is 18.2 Å². The summed E-state index contributed by atoms with van der Waals surface area (Å²) in [6.07, 6.45) is 0. The third-order valence-corrected chi connectivity index (χ3v) is 2.86. The van der Waals surface area contributed by atoms with Gasteiger partial charge in [-0.25, -0.2) is 0 Å². The van der Waals surface area contributed by atoms with Gasteiger partial charge in [0.2, 0.25) is 0 Å². The lowest BCUT2D eigenvalue weighted by Gasteiger charge is -2.18. The van der Waals surface area contributed by atoms with Crippen LogP contribution in [0, 0.1) is 0 Å². The summed E-state index contributed by atoms with van der Waals surface area (Å²) < 4.78 is 5.33. The molecule has 0 aliphatic rings. The van der Waals surface area contributed by atoms with Gasteiger partial charge in [-0.15, -0.1) is 0 Å². The van der Waals surface area contributed by atoms with Gasteiger partial charge in [0.25, 0.3) is 0 Å². The van der Waals surface area contributed by atoms with Crippen LogP contribution in [0.3, 0.4) is 0 Å². The van der Waals surface area contributed by atoms with Crippen molar-refractivity contribution >= 4 is 11.5 Å². The van der Waals surface area contributed by atoms with E-state index in [0.717, 1.165) is 6.54 Å².